The first kappa shape index (κ1) is 15.3. The molecule has 0 spiro atoms. The summed E-state index contributed by atoms with van der Waals surface area (Å²) in [4.78, 5) is 4.72. The highest BCUT2D eigenvalue weighted by Crippen LogP contribution is 2.43. The lowest BCUT2D eigenvalue weighted by Crippen LogP contribution is -2.38. The maximum atomic E-state index is 10.4. The molecule has 7 heteroatoms. The van der Waals surface area contributed by atoms with Gasteiger partial charge in [0, 0.05) is 11.1 Å². The second kappa shape index (κ2) is 5.71. The average Bonchev–Trinajstić information content (AvgIpc) is 3.15. The monoisotopic (exact) mass is 342 g/mol. The van der Waals surface area contributed by atoms with Crippen molar-refractivity contribution in [3.8, 4) is 11.5 Å². The zero-order chi connectivity index (χ0) is 16.8. The number of nitrogens with two attached hydrogens (primary N) is 1. The van der Waals surface area contributed by atoms with Crippen LogP contribution in [0.15, 0.2) is 36.4 Å². The SMILES string of the molecule is Cc1c(O)ccc(C2NNC(N)C2c2nc3ccccc3s2)c1O. The molecule has 6 nitrogen and oxygen atoms in total. The summed E-state index contributed by atoms with van der Waals surface area (Å²) in [6.45, 7) is 1.68. The first-order valence-corrected chi connectivity index (χ1v) is 8.51. The van der Waals surface area contributed by atoms with Crippen LogP contribution < -0.4 is 16.6 Å². The summed E-state index contributed by atoms with van der Waals surface area (Å²) in [5, 5.41) is 21.1. The summed E-state index contributed by atoms with van der Waals surface area (Å²) in [7, 11) is 0. The number of para-hydroxylation sites is 1. The standard InChI is InChI=1S/C17H18N4O2S/c1-8-11(22)7-6-9(15(8)23)14-13(16(18)21-20-14)17-19-10-4-2-3-5-12(10)24-17/h2-7,13-14,16,20-23H,18H2,1H3. The van der Waals surface area contributed by atoms with E-state index in [-0.39, 0.29) is 29.6 Å². The summed E-state index contributed by atoms with van der Waals surface area (Å²) in [5.74, 6) is 0.0230. The zero-order valence-electron chi connectivity index (χ0n) is 13.0. The maximum Gasteiger partial charge on any atom is 0.127 e. The van der Waals surface area contributed by atoms with Crippen molar-refractivity contribution in [3.05, 3.63) is 52.5 Å². The van der Waals surface area contributed by atoms with Gasteiger partial charge in [-0.05, 0) is 31.2 Å². The predicted octanol–water partition coefficient (Wildman–Crippen LogP) is 2.23. The molecule has 0 amide bonds. The van der Waals surface area contributed by atoms with Gasteiger partial charge >= 0.3 is 0 Å². The van der Waals surface area contributed by atoms with Crippen molar-refractivity contribution in [2.75, 3.05) is 0 Å². The van der Waals surface area contributed by atoms with E-state index in [9.17, 15) is 10.2 Å². The van der Waals surface area contributed by atoms with Gasteiger partial charge in [-0.15, -0.1) is 11.3 Å². The Bertz CT molecular complexity index is 878. The third-order valence-corrected chi connectivity index (χ3v) is 5.65. The van der Waals surface area contributed by atoms with Gasteiger partial charge < -0.3 is 15.9 Å². The van der Waals surface area contributed by atoms with Crippen molar-refractivity contribution in [2.45, 2.75) is 25.0 Å². The van der Waals surface area contributed by atoms with Gasteiger partial charge in [0.1, 0.15) is 16.5 Å². The summed E-state index contributed by atoms with van der Waals surface area (Å²) < 4.78 is 1.11. The molecular formula is C17H18N4O2S. The fraction of sp³-hybridized carbons (Fsp3) is 0.235. The van der Waals surface area contributed by atoms with E-state index in [0.717, 1.165) is 15.2 Å². The van der Waals surface area contributed by atoms with Gasteiger partial charge in [-0.25, -0.2) is 15.8 Å². The molecule has 1 aromatic heterocycles. The normalized spacial score (nSPS) is 23.8. The second-order valence-electron chi connectivity index (χ2n) is 5.99. The van der Waals surface area contributed by atoms with Crippen LogP contribution in [0.5, 0.6) is 11.5 Å². The molecule has 6 N–H and O–H groups in total. The van der Waals surface area contributed by atoms with E-state index in [1.54, 1.807) is 30.4 Å². The van der Waals surface area contributed by atoms with Crippen LogP contribution in [0, 0.1) is 6.92 Å². The fourth-order valence-corrected chi connectivity index (χ4v) is 4.29. The van der Waals surface area contributed by atoms with Crippen molar-refractivity contribution in [1.29, 1.82) is 0 Å². The highest BCUT2D eigenvalue weighted by molar-refractivity contribution is 7.18. The summed E-state index contributed by atoms with van der Waals surface area (Å²) in [6.07, 6.45) is -0.330. The number of fused-ring (bicyclic) bond motifs is 1. The quantitative estimate of drug-likeness (QED) is 0.489. The van der Waals surface area contributed by atoms with E-state index in [1.807, 2.05) is 24.3 Å². The number of phenols is 2. The molecule has 4 rings (SSSR count). The topological polar surface area (TPSA) is 103 Å². The highest BCUT2D eigenvalue weighted by Gasteiger charge is 2.39. The number of thiazole rings is 1. The van der Waals surface area contributed by atoms with Gasteiger partial charge in [0.15, 0.2) is 0 Å². The highest BCUT2D eigenvalue weighted by atomic mass is 32.1. The number of nitrogens with zero attached hydrogens (tertiary/aromatic N) is 1. The minimum atomic E-state index is -0.330. The summed E-state index contributed by atoms with van der Waals surface area (Å²) in [5.41, 5.74) is 14.5. The molecule has 24 heavy (non-hydrogen) atoms. The van der Waals surface area contributed by atoms with E-state index < -0.39 is 0 Å². The Balaban J connectivity index is 1.79. The second-order valence-corrected chi connectivity index (χ2v) is 7.05. The Kier molecular flexibility index (Phi) is 3.65. The number of aromatic hydroxyl groups is 2. The van der Waals surface area contributed by atoms with Gasteiger partial charge in [0.25, 0.3) is 0 Å². The number of nitrogens with one attached hydrogen (secondary N) is 2. The van der Waals surface area contributed by atoms with Crippen LogP contribution in [0.1, 0.15) is 28.1 Å². The maximum absolute atomic E-state index is 10.4. The Morgan fingerprint density at radius 1 is 1.12 bits per heavy atom. The smallest absolute Gasteiger partial charge is 0.127 e. The van der Waals surface area contributed by atoms with Crippen LogP contribution in [0.2, 0.25) is 0 Å². The number of hydrogen-bond donors (Lipinski definition) is 5. The van der Waals surface area contributed by atoms with Crippen molar-refractivity contribution in [2.24, 2.45) is 5.73 Å². The van der Waals surface area contributed by atoms with Gasteiger partial charge in [-0.2, -0.15) is 0 Å². The molecule has 1 saturated heterocycles. The van der Waals surface area contributed by atoms with Crippen molar-refractivity contribution in [3.63, 3.8) is 0 Å². The lowest BCUT2D eigenvalue weighted by molar-refractivity contribution is 0.425. The molecule has 0 radical (unpaired) electrons. The molecule has 0 aliphatic carbocycles. The van der Waals surface area contributed by atoms with Gasteiger partial charge in [-0.3, -0.25) is 0 Å². The van der Waals surface area contributed by atoms with E-state index in [0.29, 0.717) is 11.1 Å². The van der Waals surface area contributed by atoms with Crippen LogP contribution in [0.25, 0.3) is 10.2 Å². The van der Waals surface area contributed by atoms with E-state index in [4.69, 9.17) is 10.7 Å². The minimum absolute atomic E-state index is 0.0723. The molecule has 1 fully saturated rings. The summed E-state index contributed by atoms with van der Waals surface area (Å²) >= 11 is 1.61. The first-order chi connectivity index (χ1) is 11.6. The first-order valence-electron chi connectivity index (χ1n) is 7.70. The van der Waals surface area contributed by atoms with Crippen molar-refractivity contribution in [1.82, 2.24) is 15.8 Å². The van der Waals surface area contributed by atoms with Crippen molar-refractivity contribution < 1.29 is 10.2 Å². The van der Waals surface area contributed by atoms with Crippen molar-refractivity contribution >= 4 is 21.6 Å². The van der Waals surface area contributed by atoms with Gasteiger partial charge in [0.05, 0.1) is 28.3 Å². The average molecular weight is 342 g/mol. The Morgan fingerprint density at radius 2 is 1.92 bits per heavy atom. The lowest BCUT2D eigenvalue weighted by atomic mass is 9.91. The van der Waals surface area contributed by atoms with E-state index in [1.165, 1.54) is 0 Å². The third kappa shape index (κ3) is 2.33. The molecule has 3 atom stereocenters. The van der Waals surface area contributed by atoms with E-state index >= 15 is 0 Å². The van der Waals surface area contributed by atoms with Gasteiger partial charge in [0.2, 0.25) is 0 Å². The van der Waals surface area contributed by atoms with Crippen LogP contribution in [-0.4, -0.2) is 21.4 Å². The predicted molar refractivity (Wildman–Crippen MR) is 93.9 cm³/mol. The van der Waals surface area contributed by atoms with E-state index in [2.05, 4.69) is 10.9 Å². The van der Waals surface area contributed by atoms with Crippen LogP contribution >= 0.6 is 11.3 Å². The molecule has 0 saturated carbocycles. The molecule has 124 valence electrons. The lowest BCUT2D eigenvalue weighted by Gasteiger charge is -2.21. The number of benzene rings is 2. The van der Waals surface area contributed by atoms with Crippen LogP contribution in [-0.2, 0) is 0 Å². The molecule has 3 unspecified atom stereocenters. The largest absolute Gasteiger partial charge is 0.508 e. The molecule has 1 aliphatic rings. The minimum Gasteiger partial charge on any atom is -0.508 e. The Morgan fingerprint density at radius 3 is 2.71 bits per heavy atom. The molecule has 3 aromatic rings. The number of aromatic nitrogens is 1. The number of rotatable bonds is 2. The molecule has 0 bridgehead atoms. The third-order valence-electron chi connectivity index (χ3n) is 4.52. The zero-order valence-corrected chi connectivity index (χ0v) is 13.8. The van der Waals surface area contributed by atoms with Gasteiger partial charge in [-0.1, -0.05) is 12.1 Å². The number of phenolic OH excluding ortho intramolecular Hbond substituents is 2. The molecular weight excluding hydrogens is 324 g/mol. The van der Waals surface area contributed by atoms with Crippen LogP contribution in [0.3, 0.4) is 0 Å². The Hall–Kier alpha value is -2.19. The Labute approximate surface area is 142 Å². The fourth-order valence-electron chi connectivity index (χ4n) is 3.13. The molecule has 1 aliphatic heterocycles. The number of hydrazine groups is 1. The molecule has 2 aromatic carbocycles. The summed E-state index contributed by atoms with van der Waals surface area (Å²) in [6, 6.07) is 11.0. The van der Waals surface area contributed by atoms with Crippen LogP contribution in [0.4, 0.5) is 0 Å². The molecule has 2 heterocycles. The number of hydrogen-bond acceptors (Lipinski definition) is 7.